The first-order valence-electron chi connectivity index (χ1n) is 6.76. The van der Waals surface area contributed by atoms with E-state index in [0.717, 1.165) is 30.1 Å². The van der Waals surface area contributed by atoms with E-state index in [1.165, 1.54) is 30.2 Å². The molecular weight excluding hydrogens is 299 g/mol. The topological polar surface area (TPSA) is 37.8 Å². The van der Waals surface area contributed by atoms with Gasteiger partial charge in [-0.25, -0.2) is 0 Å². The number of rotatable bonds is 5. The predicted octanol–water partition coefficient (Wildman–Crippen LogP) is 3.52. The van der Waals surface area contributed by atoms with E-state index in [1.807, 2.05) is 0 Å². The van der Waals surface area contributed by atoms with Crippen molar-refractivity contribution in [2.24, 2.45) is 0 Å². The summed E-state index contributed by atoms with van der Waals surface area (Å²) in [6, 6.07) is 5.84. The Labute approximate surface area is 124 Å². The van der Waals surface area contributed by atoms with Gasteiger partial charge in [-0.3, -0.25) is 0 Å². The van der Waals surface area contributed by atoms with Gasteiger partial charge in [-0.1, -0.05) is 23.5 Å². The number of nitrogens with one attached hydrogen (secondary N) is 1. The Kier molecular flexibility index (Phi) is 3.95. The monoisotopic (exact) mass is 313 g/mol. The molecule has 0 saturated heterocycles. The van der Waals surface area contributed by atoms with E-state index in [-0.39, 0.29) is 0 Å². The van der Waals surface area contributed by atoms with Crippen LogP contribution in [0.2, 0.25) is 0 Å². The van der Waals surface area contributed by atoms with E-state index in [9.17, 15) is 13.2 Å². The number of halogens is 3. The van der Waals surface area contributed by atoms with Gasteiger partial charge in [0, 0.05) is 24.6 Å². The molecule has 3 rings (SSSR count). The molecule has 1 aliphatic carbocycles. The first-order chi connectivity index (χ1) is 10.0. The molecule has 0 atom stereocenters. The van der Waals surface area contributed by atoms with Gasteiger partial charge in [0.05, 0.1) is 5.56 Å². The quantitative estimate of drug-likeness (QED) is 0.918. The number of alkyl halides is 3. The van der Waals surface area contributed by atoms with Crippen molar-refractivity contribution in [3.05, 3.63) is 34.8 Å². The summed E-state index contributed by atoms with van der Waals surface area (Å²) in [5.41, 5.74) is -0.198. The Morgan fingerprint density at radius 3 is 2.76 bits per heavy atom. The van der Waals surface area contributed by atoms with Crippen LogP contribution < -0.4 is 5.32 Å². The van der Waals surface area contributed by atoms with E-state index in [4.69, 9.17) is 0 Å². The first-order valence-corrected chi connectivity index (χ1v) is 7.57. The first kappa shape index (κ1) is 14.5. The van der Waals surface area contributed by atoms with E-state index < -0.39 is 11.7 Å². The number of nitrogens with zero attached hydrogens (tertiary/aromatic N) is 2. The normalized spacial score (nSPS) is 15.4. The molecule has 112 valence electrons. The molecule has 1 aromatic heterocycles. The van der Waals surface area contributed by atoms with Gasteiger partial charge in [0.2, 0.25) is 0 Å². The molecule has 0 amide bonds. The van der Waals surface area contributed by atoms with Gasteiger partial charge in [-0.05, 0) is 25.0 Å². The summed E-state index contributed by atoms with van der Waals surface area (Å²) in [5, 5.41) is 12.8. The van der Waals surface area contributed by atoms with Gasteiger partial charge in [-0.15, -0.1) is 10.2 Å². The molecule has 1 N–H and O–H groups in total. The van der Waals surface area contributed by atoms with E-state index in [2.05, 4.69) is 15.5 Å². The molecule has 7 heteroatoms. The minimum Gasteiger partial charge on any atom is -0.314 e. The molecule has 1 aliphatic rings. The number of aromatic nitrogens is 2. The zero-order valence-electron chi connectivity index (χ0n) is 11.2. The van der Waals surface area contributed by atoms with E-state index in [1.54, 1.807) is 6.07 Å². The molecule has 21 heavy (non-hydrogen) atoms. The van der Waals surface area contributed by atoms with Crippen molar-refractivity contribution in [1.82, 2.24) is 15.5 Å². The molecule has 0 bridgehead atoms. The minimum atomic E-state index is -4.34. The fourth-order valence-electron chi connectivity index (χ4n) is 1.97. The maximum Gasteiger partial charge on any atom is 0.416 e. The predicted molar refractivity (Wildman–Crippen MR) is 75.1 cm³/mol. The van der Waals surface area contributed by atoms with Crippen LogP contribution in [0.15, 0.2) is 24.3 Å². The average Bonchev–Trinajstić information content (AvgIpc) is 3.14. The van der Waals surface area contributed by atoms with Gasteiger partial charge >= 0.3 is 6.18 Å². The summed E-state index contributed by atoms with van der Waals surface area (Å²) in [6.07, 6.45) is -1.12. The van der Waals surface area contributed by atoms with Crippen molar-refractivity contribution in [2.45, 2.75) is 31.5 Å². The van der Waals surface area contributed by atoms with Gasteiger partial charge in [0.25, 0.3) is 0 Å². The van der Waals surface area contributed by atoms with Gasteiger partial charge in [0.1, 0.15) is 10.0 Å². The Hall–Kier alpha value is -1.47. The zero-order chi connectivity index (χ0) is 14.9. The molecule has 0 unspecified atom stereocenters. The lowest BCUT2D eigenvalue weighted by Crippen LogP contribution is -2.19. The molecule has 2 aromatic rings. The van der Waals surface area contributed by atoms with Gasteiger partial charge < -0.3 is 5.32 Å². The van der Waals surface area contributed by atoms with Crippen LogP contribution in [-0.4, -0.2) is 22.8 Å². The van der Waals surface area contributed by atoms with Crippen molar-refractivity contribution < 1.29 is 13.2 Å². The van der Waals surface area contributed by atoms with Crippen LogP contribution in [0.5, 0.6) is 0 Å². The van der Waals surface area contributed by atoms with Crippen molar-refractivity contribution in [2.75, 3.05) is 6.54 Å². The van der Waals surface area contributed by atoms with Crippen molar-refractivity contribution >= 4 is 11.3 Å². The number of benzene rings is 1. The number of hydrogen-bond acceptors (Lipinski definition) is 4. The third-order valence-corrected chi connectivity index (χ3v) is 4.29. The highest BCUT2D eigenvalue weighted by molar-refractivity contribution is 7.14. The molecule has 3 nitrogen and oxygen atoms in total. The summed E-state index contributed by atoms with van der Waals surface area (Å²) in [5.74, 6) is 0. The smallest absolute Gasteiger partial charge is 0.314 e. The van der Waals surface area contributed by atoms with Crippen molar-refractivity contribution in [3.63, 3.8) is 0 Å². The standard InChI is InChI=1S/C14H14F3N3S/c15-14(16,17)10-3-1-2-9(8-10)13-20-19-12(21-13)6-7-18-11-4-5-11/h1-3,8,11,18H,4-7H2. The maximum absolute atomic E-state index is 12.7. The fourth-order valence-corrected chi connectivity index (χ4v) is 2.81. The highest BCUT2D eigenvalue weighted by atomic mass is 32.1. The molecule has 0 radical (unpaired) electrons. The molecule has 1 fully saturated rings. The Bertz CT molecular complexity index is 620. The molecule has 0 aliphatic heterocycles. The Morgan fingerprint density at radius 2 is 2.05 bits per heavy atom. The van der Waals surface area contributed by atoms with Crippen molar-refractivity contribution in [3.8, 4) is 10.6 Å². The largest absolute Gasteiger partial charge is 0.416 e. The highest BCUT2D eigenvalue weighted by Crippen LogP contribution is 2.33. The SMILES string of the molecule is FC(F)(F)c1cccc(-c2nnc(CCNC3CC3)s2)c1. The van der Waals surface area contributed by atoms with Crippen LogP contribution in [0, 0.1) is 0 Å². The molecule has 0 spiro atoms. The molecular formula is C14H14F3N3S. The van der Waals surface area contributed by atoms with Gasteiger partial charge in [0.15, 0.2) is 0 Å². The summed E-state index contributed by atoms with van der Waals surface area (Å²) in [6.45, 7) is 0.835. The lowest BCUT2D eigenvalue weighted by Gasteiger charge is -2.06. The van der Waals surface area contributed by atoms with Crippen LogP contribution in [0.3, 0.4) is 0 Å². The van der Waals surface area contributed by atoms with Crippen molar-refractivity contribution in [1.29, 1.82) is 0 Å². The van der Waals surface area contributed by atoms with Crippen LogP contribution in [0.1, 0.15) is 23.4 Å². The van der Waals surface area contributed by atoms with Gasteiger partial charge in [-0.2, -0.15) is 13.2 Å². The van der Waals surface area contributed by atoms with Crippen LogP contribution in [0.25, 0.3) is 10.6 Å². The van der Waals surface area contributed by atoms with E-state index >= 15 is 0 Å². The molecule has 1 aromatic carbocycles. The lowest BCUT2D eigenvalue weighted by atomic mass is 10.1. The molecule has 1 saturated carbocycles. The summed E-state index contributed by atoms with van der Waals surface area (Å²) in [7, 11) is 0. The van der Waals surface area contributed by atoms with Crippen LogP contribution in [0.4, 0.5) is 13.2 Å². The summed E-state index contributed by atoms with van der Waals surface area (Å²) < 4.78 is 38.1. The molecule has 1 heterocycles. The Morgan fingerprint density at radius 1 is 1.24 bits per heavy atom. The highest BCUT2D eigenvalue weighted by Gasteiger charge is 2.30. The second-order valence-electron chi connectivity index (χ2n) is 5.06. The average molecular weight is 313 g/mol. The second-order valence-corrected chi connectivity index (χ2v) is 6.12. The fraction of sp³-hybridized carbons (Fsp3) is 0.429. The minimum absolute atomic E-state index is 0.462. The summed E-state index contributed by atoms with van der Waals surface area (Å²) in [4.78, 5) is 0. The Balaban J connectivity index is 1.70. The zero-order valence-corrected chi connectivity index (χ0v) is 12.0. The second kappa shape index (κ2) is 5.73. The lowest BCUT2D eigenvalue weighted by molar-refractivity contribution is -0.137. The summed E-state index contributed by atoms with van der Waals surface area (Å²) >= 11 is 1.35. The maximum atomic E-state index is 12.7. The third kappa shape index (κ3) is 3.79. The third-order valence-electron chi connectivity index (χ3n) is 3.25. The van der Waals surface area contributed by atoms with Crippen LogP contribution >= 0.6 is 11.3 Å². The van der Waals surface area contributed by atoms with Crippen LogP contribution in [-0.2, 0) is 12.6 Å². The number of hydrogen-bond donors (Lipinski definition) is 1. The van der Waals surface area contributed by atoms with E-state index in [0.29, 0.717) is 16.6 Å².